The van der Waals surface area contributed by atoms with Crippen molar-refractivity contribution in [2.45, 2.75) is 25.7 Å². The average molecular weight is 359 g/mol. The van der Waals surface area contributed by atoms with Gasteiger partial charge in [-0.3, -0.25) is 14.4 Å². The Bertz CT molecular complexity index is 492. The van der Waals surface area contributed by atoms with Crippen molar-refractivity contribution < 1.29 is 38.7 Å². The molecule has 25 heavy (non-hydrogen) atoms. The van der Waals surface area contributed by atoms with Crippen molar-refractivity contribution in [2.75, 3.05) is 33.0 Å². The van der Waals surface area contributed by atoms with Crippen molar-refractivity contribution in [1.29, 1.82) is 0 Å². The number of hydrogen-bond acceptors (Lipinski definition) is 9. The molecule has 0 aromatic rings. The molecule has 1 aliphatic heterocycles. The van der Waals surface area contributed by atoms with E-state index in [9.17, 15) is 19.2 Å². The number of oxime groups is 1. The van der Waals surface area contributed by atoms with E-state index >= 15 is 0 Å². The van der Waals surface area contributed by atoms with Crippen LogP contribution in [0.1, 0.15) is 25.7 Å². The predicted molar refractivity (Wildman–Crippen MR) is 81.3 cm³/mol. The van der Waals surface area contributed by atoms with Gasteiger partial charge in [0, 0.05) is 25.8 Å². The topological polar surface area (TPSA) is 144 Å². The highest BCUT2D eigenvalue weighted by Gasteiger charge is 2.32. The molecule has 2 N–H and O–H groups in total. The first kappa shape index (κ1) is 20.5. The average Bonchev–Trinajstić information content (AvgIpc) is 2.90. The lowest BCUT2D eigenvalue weighted by Crippen LogP contribution is -2.33. The summed E-state index contributed by atoms with van der Waals surface area (Å²) in [4.78, 5) is 50.2. The first-order valence-electron chi connectivity index (χ1n) is 7.69. The van der Waals surface area contributed by atoms with Crippen molar-refractivity contribution >= 4 is 29.9 Å². The molecule has 1 heterocycles. The summed E-state index contributed by atoms with van der Waals surface area (Å²) in [7, 11) is 0. The minimum Gasteiger partial charge on any atom is -0.411 e. The summed E-state index contributed by atoms with van der Waals surface area (Å²) in [5.74, 6) is -2.33. The summed E-state index contributed by atoms with van der Waals surface area (Å²) < 4.78 is 10.2. The zero-order valence-electron chi connectivity index (χ0n) is 13.6. The van der Waals surface area contributed by atoms with Crippen LogP contribution in [0.5, 0.6) is 0 Å². The van der Waals surface area contributed by atoms with Gasteiger partial charge in [0.1, 0.15) is 0 Å². The van der Waals surface area contributed by atoms with Gasteiger partial charge in [0.25, 0.3) is 11.8 Å². The monoisotopic (exact) mass is 359 g/mol. The van der Waals surface area contributed by atoms with Gasteiger partial charge in [-0.2, -0.15) is 0 Å². The number of nitrogens with one attached hydrogen (secondary N) is 1. The smallest absolute Gasteiger partial charge is 0.333 e. The highest BCUT2D eigenvalue weighted by molar-refractivity contribution is 6.01. The van der Waals surface area contributed by atoms with E-state index in [1.165, 1.54) is 6.21 Å². The maximum absolute atomic E-state index is 11.5. The van der Waals surface area contributed by atoms with Crippen LogP contribution in [0.25, 0.3) is 0 Å². The number of ether oxygens (including phenoxy) is 2. The fraction of sp³-hybridized carbons (Fsp3) is 0.643. The van der Waals surface area contributed by atoms with Crippen molar-refractivity contribution in [3.8, 4) is 0 Å². The molecule has 0 saturated carbocycles. The van der Waals surface area contributed by atoms with E-state index in [4.69, 9.17) is 14.7 Å². The van der Waals surface area contributed by atoms with Crippen LogP contribution in [0.2, 0.25) is 0 Å². The van der Waals surface area contributed by atoms with Crippen molar-refractivity contribution in [2.24, 2.45) is 5.16 Å². The van der Waals surface area contributed by atoms with E-state index in [1.807, 2.05) is 0 Å². The SMILES string of the molecule is O=C(CCC(=O)ON1C(=O)CCC1=O)NCCOCCOC/C=N/O. The molecule has 0 bridgehead atoms. The Hall–Kier alpha value is -2.53. The first-order chi connectivity index (χ1) is 12.0. The van der Waals surface area contributed by atoms with Crippen molar-refractivity contribution in [1.82, 2.24) is 10.4 Å². The molecule has 0 aliphatic carbocycles. The molecule has 11 nitrogen and oxygen atoms in total. The normalized spacial score (nSPS) is 14.3. The highest BCUT2D eigenvalue weighted by atomic mass is 16.7. The molecule has 0 unspecified atom stereocenters. The van der Waals surface area contributed by atoms with Gasteiger partial charge in [-0.15, -0.1) is 5.06 Å². The Balaban J connectivity index is 2.00. The van der Waals surface area contributed by atoms with Crippen LogP contribution in [0.3, 0.4) is 0 Å². The van der Waals surface area contributed by atoms with Crippen LogP contribution in [-0.2, 0) is 33.5 Å². The molecular formula is C14H21N3O8. The van der Waals surface area contributed by atoms with Gasteiger partial charge in [0.2, 0.25) is 5.91 Å². The third-order valence-electron chi connectivity index (χ3n) is 2.97. The lowest BCUT2D eigenvalue weighted by molar-refractivity contribution is -0.197. The van der Waals surface area contributed by atoms with Crippen LogP contribution >= 0.6 is 0 Å². The second kappa shape index (κ2) is 11.9. The molecule has 11 heteroatoms. The molecule has 1 saturated heterocycles. The van der Waals surface area contributed by atoms with Gasteiger partial charge >= 0.3 is 5.97 Å². The second-order valence-electron chi connectivity index (χ2n) is 4.88. The maximum Gasteiger partial charge on any atom is 0.333 e. The quantitative estimate of drug-likeness (QED) is 0.148. The lowest BCUT2D eigenvalue weighted by atomic mass is 10.3. The fourth-order valence-corrected chi connectivity index (χ4v) is 1.76. The first-order valence-corrected chi connectivity index (χ1v) is 7.69. The molecule has 0 aromatic heterocycles. The highest BCUT2D eigenvalue weighted by Crippen LogP contribution is 2.12. The van der Waals surface area contributed by atoms with E-state index in [0.717, 1.165) is 0 Å². The molecular weight excluding hydrogens is 338 g/mol. The van der Waals surface area contributed by atoms with Gasteiger partial charge < -0.3 is 24.8 Å². The molecule has 1 fully saturated rings. The minimum absolute atomic E-state index is 0.0205. The van der Waals surface area contributed by atoms with Gasteiger partial charge in [-0.05, 0) is 0 Å². The van der Waals surface area contributed by atoms with Crippen LogP contribution in [0, 0.1) is 0 Å². The Morgan fingerprint density at radius 3 is 2.48 bits per heavy atom. The van der Waals surface area contributed by atoms with Gasteiger partial charge in [0.15, 0.2) is 0 Å². The molecule has 0 aromatic carbocycles. The fourth-order valence-electron chi connectivity index (χ4n) is 1.76. The number of hydroxylamine groups is 2. The van der Waals surface area contributed by atoms with Crippen LogP contribution in [-0.4, -0.2) is 73.1 Å². The molecule has 1 aliphatic rings. The number of carbonyl (C=O) groups is 4. The van der Waals surface area contributed by atoms with Crippen LogP contribution in [0.15, 0.2) is 5.16 Å². The summed E-state index contributed by atoms with van der Waals surface area (Å²) in [6.07, 6.45) is 0.864. The van der Waals surface area contributed by atoms with Gasteiger partial charge in [-0.1, -0.05) is 5.16 Å². The summed E-state index contributed by atoms with van der Waals surface area (Å²) >= 11 is 0. The Morgan fingerprint density at radius 2 is 1.80 bits per heavy atom. The Kier molecular flexibility index (Phi) is 9.78. The third kappa shape index (κ3) is 8.77. The predicted octanol–water partition coefficient (Wildman–Crippen LogP) is -1.02. The summed E-state index contributed by atoms with van der Waals surface area (Å²) in [5, 5.41) is 13.9. The standard InChI is InChI=1S/C14H21N3O8/c18-11(15-5-7-23-9-10-24-8-6-16-22)1-4-14(21)25-17-12(19)2-3-13(17)20/h6,22H,1-5,7-10H2,(H,15,18)/b16-6+. The zero-order valence-corrected chi connectivity index (χ0v) is 13.6. The molecule has 3 amide bonds. The second-order valence-corrected chi connectivity index (χ2v) is 4.88. The Morgan fingerprint density at radius 1 is 1.12 bits per heavy atom. The van der Waals surface area contributed by atoms with Crippen LogP contribution in [0.4, 0.5) is 0 Å². The van der Waals surface area contributed by atoms with Crippen molar-refractivity contribution in [3.05, 3.63) is 0 Å². The maximum atomic E-state index is 11.5. The van der Waals surface area contributed by atoms with Gasteiger partial charge in [-0.25, -0.2) is 4.79 Å². The number of carbonyl (C=O) groups excluding carboxylic acids is 4. The Labute approximate surface area is 143 Å². The zero-order chi connectivity index (χ0) is 18.5. The third-order valence-corrected chi connectivity index (χ3v) is 2.97. The lowest BCUT2D eigenvalue weighted by Gasteiger charge is -2.12. The summed E-state index contributed by atoms with van der Waals surface area (Å²) in [6.45, 7) is 1.35. The van der Waals surface area contributed by atoms with Crippen molar-refractivity contribution in [3.63, 3.8) is 0 Å². The largest absolute Gasteiger partial charge is 0.411 e. The van der Waals surface area contributed by atoms with E-state index in [2.05, 4.69) is 15.3 Å². The number of hydrogen-bond donors (Lipinski definition) is 2. The van der Waals surface area contributed by atoms with Crippen LogP contribution < -0.4 is 5.32 Å². The number of imide groups is 1. The number of rotatable bonds is 12. The summed E-state index contributed by atoms with van der Waals surface area (Å²) in [6, 6.07) is 0. The van der Waals surface area contributed by atoms with E-state index in [-0.39, 0.29) is 51.3 Å². The van der Waals surface area contributed by atoms with E-state index in [1.54, 1.807) is 0 Å². The van der Waals surface area contributed by atoms with E-state index < -0.39 is 17.8 Å². The minimum atomic E-state index is -0.821. The summed E-state index contributed by atoms with van der Waals surface area (Å²) in [5.41, 5.74) is 0. The molecule has 0 radical (unpaired) electrons. The molecule has 0 spiro atoms. The van der Waals surface area contributed by atoms with Gasteiger partial charge in [0.05, 0.1) is 39.1 Å². The number of amides is 3. The molecule has 0 atom stereocenters. The van der Waals surface area contributed by atoms with E-state index in [0.29, 0.717) is 18.3 Å². The number of nitrogens with zero attached hydrogens (tertiary/aromatic N) is 2. The molecule has 140 valence electrons. The molecule has 1 rings (SSSR count).